The van der Waals surface area contributed by atoms with Gasteiger partial charge < -0.3 is 20.7 Å². The number of hydrogen-bond donors (Lipinski definition) is 2. The van der Waals surface area contributed by atoms with Crippen LogP contribution in [0.15, 0.2) is 12.3 Å². The van der Waals surface area contributed by atoms with Gasteiger partial charge in [0.05, 0.1) is 0 Å². The van der Waals surface area contributed by atoms with Crippen LogP contribution in [0.5, 0.6) is 0 Å². The van der Waals surface area contributed by atoms with Crippen molar-refractivity contribution < 1.29 is 9.53 Å². The molecular formula is C15H25N5O2. The first-order chi connectivity index (χ1) is 10.3. The highest BCUT2D eigenvalue weighted by Gasteiger charge is 2.22. The third-order valence-corrected chi connectivity index (χ3v) is 3.53. The van der Waals surface area contributed by atoms with E-state index >= 15 is 0 Å². The molecule has 1 aliphatic heterocycles. The van der Waals surface area contributed by atoms with Crippen LogP contribution >= 0.6 is 0 Å². The summed E-state index contributed by atoms with van der Waals surface area (Å²) in [6.45, 7) is 8.03. The van der Waals surface area contributed by atoms with Gasteiger partial charge in [-0.2, -0.15) is 4.98 Å². The predicted octanol–water partition coefficient (Wildman–Crippen LogP) is 1.80. The Labute approximate surface area is 131 Å². The molecule has 22 heavy (non-hydrogen) atoms. The van der Waals surface area contributed by atoms with Crippen LogP contribution in [0.4, 0.5) is 16.6 Å². The highest BCUT2D eigenvalue weighted by molar-refractivity contribution is 5.67. The molecule has 0 atom stereocenters. The van der Waals surface area contributed by atoms with Crippen LogP contribution in [-0.2, 0) is 4.74 Å². The van der Waals surface area contributed by atoms with Crippen LogP contribution in [-0.4, -0.2) is 41.3 Å². The Morgan fingerprint density at radius 2 is 2.14 bits per heavy atom. The topological polar surface area (TPSA) is 93.4 Å². The standard InChI is InChI=1S/C15H25N5O2/c1-15(2,3)22-14(21)18-10-11-5-8-20(9-6-11)12-4-7-17-13(16)19-12/h4,7,11H,5-6,8-10H2,1-3H3,(H,18,21)(H2,16,17,19). The van der Waals surface area contributed by atoms with Crippen LogP contribution < -0.4 is 16.0 Å². The number of nitrogens with one attached hydrogen (secondary N) is 1. The Morgan fingerprint density at radius 3 is 2.73 bits per heavy atom. The maximum atomic E-state index is 11.7. The Kier molecular flexibility index (Phi) is 5.05. The molecule has 7 nitrogen and oxygen atoms in total. The number of piperidine rings is 1. The van der Waals surface area contributed by atoms with Crippen LogP contribution in [0, 0.1) is 5.92 Å². The number of anilines is 2. The van der Waals surface area contributed by atoms with Crippen molar-refractivity contribution in [1.82, 2.24) is 15.3 Å². The van der Waals surface area contributed by atoms with E-state index in [0.717, 1.165) is 31.7 Å². The van der Waals surface area contributed by atoms with Gasteiger partial charge in [-0.1, -0.05) is 0 Å². The molecule has 0 saturated carbocycles. The molecule has 0 radical (unpaired) electrons. The van der Waals surface area contributed by atoms with Crippen molar-refractivity contribution in [2.75, 3.05) is 30.3 Å². The van der Waals surface area contributed by atoms with E-state index in [1.165, 1.54) is 0 Å². The number of alkyl carbamates (subject to hydrolysis) is 1. The van der Waals surface area contributed by atoms with E-state index in [1.54, 1.807) is 6.20 Å². The van der Waals surface area contributed by atoms with Gasteiger partial charge in [-0.15, -0.1) is 0 Å². The fraction of sp³-hybridized carbons (Fsp3) is 0.667. The number of carbonyl (C=O) groups is 1. The predicted molar refractivity (Wildman–Crippen MR) is 85.6 cm³/mol. The molecule has 1 aromatic rings. The first-order valence-electron chi connectivity index (χ1n) is 7.64. The molecule has 0 aromatic carbocycles. The molecule has 0 bridgehead atoms. The fourth-order valence-corrected chi connectivity index (χ4v) is 2.45. The molecule has 3 N–H and O–H groups in total. The minimum Gasteiger partial charge on any atom is -0.444 e. The molecule has 0 spiro atoms. The second-order valence-electron chi connectivity index (χ2n) is 6.59. The summed E-state index contributed by atoms with van der Waals surface area (Å²) < 4.78 is 5.24. The third-order valence-electron chi connectivity index (χ3n) is 3.53. The lowest BCUT2D eigenvalue weighted by Gasteiger charge is -2.33. The van der Waals surface area contributed by atoms with E-state index in [4.69, 9.17) is 10.5 Å². The van der Waals surface area contributed by atoms with Crippen molar-refractivity contribution in [3.63, 3.8) is 0 Å². The number of nitrogens with two attached hydrogens (primary N) is 1. The first-order valence-corrected chi connectivity index (χ1v) is 7.64. The summed E-state index contributed by atoms with van der Waals surface area (Å²) in [5.74, 6) is 1.63. The fourth-order valence-electron chi connectivity index (χ4n) is 2.45. The lowest BCUT2D eigenvalue weighted by Crippen LogP contribution is -2.40. The lowest BCUT2D eigenvalue weighted by atomic mass is 9.97. The maximum absolute atomic E-state index is 11.7. The molecule has 2 heterocycles. The Hall–Kier alpha value is -2.05. The van der Waals surface area contributed by atoms with Gasteiger partial charge in [-0.3, -0.25) is 0 Å². The zero-order chi connectivity index (χ0) is 16.2. The van der Waals surface area contributed by atoms with Gasteiger partial charge in [0.2, 0.25) is 5.95 Å². The van der Waals surface area contributed by atoms with E-state index in [9.17, 15) is 4.79 Å². The van der Waals surface area contributed by atoms with Crippen molar-refractivity contribution in [3.8, 4) is 0 Å². The average molecular weight is 307 g/mol. The molecule has 1 aromatic heterocycles. The minimum absolute atomic E-state index is 0.297. The number of rotatable bonds is 3. The number of carbonyl (C=O) groups excluding carboxylic acids is 1. The van der Waals surface area contributed by atoms with E-state index < -0.39 is 5.60 Å². The smallest absolute Gasteiger partial charge is 0.407 e. The highest BCUT2D eigenvalue weighted by Crippen LogP contribution is 2.21. The van der Waals surface area contributed by atoms with E-state index in [2.05, 4.69) is 20.2 Å². The zero-order valence-corrected chi connectivity index (χ0v) is 13.5. The Balaban J connectivity index is 1.74. The monoisotopic (exact) mass is 307 g/mol. The van der Waals surface area contributed by atoms with Crippen LogP contribution in [0.25, 0.3) is 0 Å². The summed E-state index contributed by atoms with van der Waals surface area (Å²) in [6, 6.07) is 1.87. The normalized spacial score (nSPS) is 16.4. The van der Waals surface area contributed by atoms with Crippen molar-refractivity contribution >= 4 is 17.9 Å². The molecule has 2 rings (SSSR count). The molecule has 0 aliphatic carbocycles. The SMILES string of the molecule is CC(C)(C)OC(=O)NCC1CCN(c2ccnc(N)n2)CC1. The van der Waals surface area contributed by atoms with Crippen molar-refractivity contribution in [3.05, 3.63) is 12.3 Å². The Bertz CT molecular complexity index is 507. The van der Waals surface area contributed by atoms with E-state index in [0.29, 0.717) is 18.4 Å². The summed E-state index contributed by atoms with van der Waals surface area (Å²) in [5, 5.41) is 2.85. The molecule has 122 valence electrons. The van der Waals surface area contributed by atoms with Crippen molar-refractivity contribution in [1.29, 1.82) is 0 Å². The number of aromatic nitrogens is 2. The van der Waals surface area contributed by atoms with Crippen LogP contribution in [0.3, 0.4) is 0 Å². The van der Waals surface area contributed by atoms with Gasteiger partial charge in [0, 0.05) is 25.8 Å². The number of hydrogen-bond acceptors (Lipinski definition) is 6. The highest BCUT2D eigenvalue weighted by atomic mass is 16.6. The number of ether oxygens (including phenoxy) is 1. The summed E-state index contributed by atoms with van der Waals surface area (Å²) in [4.78, 5) is 22.0. The summed E-state index contributed by atoms with van der Waals surface area (Å²) >= 11 is 0. The molecule has 1 saturated heterocycles. The van der Waals surface area contributed by atoms with Gasteiger partial charge in [0.15, 0.2) is 0 Å². The third kappa shape index (κ3) is 5.05. The van der Waals surface area contributed by atoms with Crippen molar-refractivity contribution in [2.45, 2.75) is 39.2 Å². The summed E-state index contributed by atoms with van der Waals surface area (Å²) in [5.41, 5.74) is 5.16. The first kappa shape index (κ1) is 16.3. The number of nitrogens with zero attached hydrogens (tertiary/aromatic N) is 3. The van der Waals surface area contributed by atoms with Gasteiger partial charge >= 0.3 is 6.09 Å². The van der Waals surface area contributed by atoms with E-state index in [1.807, 2.05) is 26.8 Å². The molecule has 1 fully saturated rings. The summed E-state index contributed by atoms with van der Waals surface area (Å²) in [6.07, 6.45) is 3.33. The average Bonchev–Trinajstić information content (AvgIpc) is 2.44. The zero-order valence-electron chi connectivity index (χ0n) is 13.5. The van der Waals surface area contributed by atoms with Crippen LogP contribution in [0.2, 0.25) is 0 Å². The molecule has 0 unspecified atom stereocenters. The second kappa shape index (κ2) is 6.81. The largest absolute Gasteiger partial charge is 0.444 e. The van der Waals surface area contributed by atoms with Crippen molar-refractivity contribution in [2.24, 2.45) is 5.92 Å². The van der Waals surface area contributed by atoms with Crippen LogP contribution in [0.1, 0.15) is 33.6 Å². The maximum Gasteiger partial charge on any atom is 0.407 e. The molecular weight excluding hydrogens is 282 g/mol. The summed E-state index contributed by atoms with van der Waals surface area (Å²) in [7, 11) is 0. The Morgan fingerprint density at radius 1 is 1.45 bits per heavy atom. The molecule has 1 amide bonds. The van der Waals surface area contributed by atoms with Gasteiger partial charge in [-0.25, -0.2) is 9.78 Å². The van der Waals surface area contributed by atoms with Gasteiger partial charge in [0.1, 0.15) is 11.4 Å². The number of amides is 1. The van der Waals surface area contributed by atoms with E-state index in [-0.39, 0.29) is 6.09 Å². The van der Waals surface area contributed by atoms with Gasteiger partial charge in [0.25, 0.3) is 0 Å². The number of nitrogen functional groups attached to an aromatic ring is 1. The minimum atomic E-state index is -0.458. The quantitative estimate of drug-likeness (QED) is 0.884. The lowest BCUT2D eigenvalue weighted by molar-refractivity contribution is 0.0517. The molecule has 7 heteroatoms. The van der Waals surface area contributed by atoms with Gasteiger partial charge in [-0.05, 0) is 45.6 Å². The molecule has 1 aliphatic rings. The second-order valence-corrected chi connectivity index (χ2v) is 6.59.